The fourth-order valence-corrected chi connectivity index (χ4v) is 5.33. The van der Waals surface area contributed by atoms with E-state index in [4.69, 9.17) is 32.7 Å². The highest BCUT2D eigenvalue weighted by Gasteiger charge is 2.36. The van der Waals surface area contributed by atoms with E-state index in [1.165, 1.54) is 19.2 Å². The number of rotatable bonds is 8. The van der Waals surface area contributed by atoms with Crippen molar-refractivity contribution in [1.82, 2.24) is 4.90 Å². The highest BCUT2D eigenvalue weighted by Crippen LogP contribution is 2.37. The molecule has 0 spiro atoms. The maximum absolute atomic E-state index is 13.3. The second-order valence-electron chi connectivity index (χ2n) is 7.89. The summed E-state index contributed by atoms with van der Waals surface area (Å²) in [5.41, 5.74) is 1.78. The molecule has 38 heavy (non-hydrogen) atoms. The van der Waals surface area contributed by atoms with E-state index in [2.05, 4.69) is 27.9 Å². The summed E-state index contributed by atoms with van der Waals surface area (Å²) in [5, 5.41) is 2.38. The summed E-state index contributed by atoms with van der Waals surface area (Å²) in [7, 11) is 1.51. The van der Waals surface area contributed by atoms with Crippen LogP contribution >= 0.6 is 57.6 Å². The van der Waals surface area contributed by atoms with E-state index >= 15 is 0 Å². The predicted molar refractivity (Wildman–Crippen MR) is 154 cm³/mol. The summed E-state index contributed by atoms with van der Waals surface area (Å²) >= 11 is 14.5. The number of hydrogen-bond donors (Lipinski definition) is 1. The highest BCUT2D eigenvalue weighted by atomic mass is 127. The molecule has 4 rings (SSSR count). The number of nitrogens with one attached hydrogen (secondary N) is 1. The van der Waals surface area contributed by atoms with Crippen LogP contribution in [0, 0.1) is 9.39 Å². The highest BCUT2D eigenvalue weighted by molar-refractivity contribution is 14.1. The first-order chi connectivity index (χ1) is 18.1. The molecule has 7 nitrogen and oxygen atoms in total. The zero-order valence-electron chi connectivity index (χ0n) is 19.6. The summed E-state index contributed by atoms with van der Waals surface area (Å²) < 4.78 is 25.5. The normalized spacial score (nSPS) is 14.2. The topological polar surface area (TPSA) is 84.9 Å². The lowest BCUT2D eigenvalue weighted by molar-refractivity contribution is -0.127. The Morgan fingerprint density at radius 3 is 2.55 bits per heavy atom. The van der Waals surface area contributed by atoms with Gasteiger partial charge in [0.1, 0.15) is 19.0 Å². The smallest absolute Gasteiger partial charge is 0.294 e. The molecule has 1 heterocycles. The van der Waals surface area contributed by atoms with Crippen molar-refractivity contribution in [1.29, 1.82) is 0 Å². The Labute approximate surface area is 245 Å². The largest absolute Gasteiger partial charge is 0.493 e. The van der Waals surface area contributed by atoms with Gasteiger partial charge in [0.2, 0.25) is 5.91 Å². The second-order valence-corrected chi connectivity index (χ2v) is 10.9. The number of imide groups is 1. The van der Waals surface area contributed by atoms with Gasteiger partial charge in [-0.15, -0.1) is 0 Å². The number of carbonyl (C=O) groups excluding carboxylic acids is 3. The lowest BCUT2D eigenvalue weighted by atomic mass is 10.1. The van der Waals surface area contributed by atoms with Crippen LogP contribution < -0.4 is 14.8 Å². The van der Waals surface area contributed by atoms with Gasteiger partial charge in [-0.2, -0.15) is 0 Å². The van der Waals surface area contributed by atoms with Crippen molar-refractivity contribution in [3.8, 4) is 11.5 Å². The monoisotopic (exact) mass is 686 g/mol. The molecule has 1 aliphatic heterocycles. The fraction of sp³-hybridized carbons (Fsp3) is 0.115. The minimum Gasteiger partial charge on any atom is -0.493 e. The van der Waals surface area contributed by atoms with Crippen molar-refractivity contribution in [3.05, 3.63) is 90.1 Å². The Balaban J connectivity index is 1.46. The summed E-state index contributed by atoms with van der Waals surface area (Å²) in [4.78, 5) is 38.8. The molecule has 0 unspecified atom stereocenters. The van der Waals surface area contributed by atoms with E-state index in [-0.39, 0.29) is 15.6 Å². The molecule has 1 fully saturated rings. The molecule has 1 saturated heterocycles. The van der Waals surface area contributed by atoms with Crippen LogP contribution in [0.2, 0.25) is 10.0 Å². The molecule has 196 valence electrons. The van der Waals surface area contributed by atoms with Crippen molar-refractivity contribution in [2.45, 2.75) is 6.61 Å². The molecule has 0 aliphatic carbocycles. The maximum Gasteiger partial charge on any atom is 0.294 e. The standard InChI is InChI=1S/C26H18Cl2FIN2O5S/c1-36-21-9-15(8-20(30)24(21)37-13-14-2-4-16(27)5-3-14)10-22-25(34)32(26(35)38-22)12-23(33)31-17-6-7-19(29)18(28)11-17/h2-11H,12-13H2,1H3,(H,31,33)/b22-10+. The van der Waals surface area contributed by atoms with Gasteiger partial charge in [-0.05, 0) is 94.0 Å². The number of ether oxygens (including phenoxy) is 2. The van der Waals surface area contributed by atoms with E-state index < -0.39 is 29.4 Å². The molecule has 3 aromatic carbocycles. The van der Waals surface area contributed by atoms with E-state index in [1.54, 1.807) is 30.3 Å². The summed E-state index contributed by atoms with van der Waals surface area (Å²) in [6.45, 7) is -0.205. The first-order valence-corrected chi connectivity index (χ1v) is 13.5. The van der Waals surface area contributed by atoms with Crippen LogP contribution in [0.5, 0.6) is 11.5 Å². The van der Waals surface area contributed by atoms with Crippen LogP contribution in [-0.4, -0.2) is 35.6 Å². The Kier molecular flexibility index (Phi) is 9.19. The average Bonchev–Trinajstić information content (AvgIpc) is 3.13. The van der Waals surface area contributed by atoms with Gasteiger partial charge < -0.3 is 14.8 Å². The molecular formula is C26H18Cl2FIN2O5S. The molecule has 0 bridgehead atoms. The molecule has 0 radical (unpaired) electrons. The van der Waals surface area contributed by atoms with E-state index in [0.717, 1.165) is 31.9 Å². The van der Waals surface area contributed by atoms with Crippen LogP contribution in [0.25, 0.3) is 6.08 Å². The van der Waals surface area contributed by atoms with Gasteiger partial charge in [0.25, 0.3) is 11.1 Å². The third kappa shape index (κ3) is 6.79. The van der Waals surface area contributed by atoms with Crippen LogP contribution in [0.3, 0.4) is 0 Å². The van der Waals surface area contributed by atoms with Crippen molar-refractivity contribution in [2.24, 2.45) is 0 Å². The van der Waals surface area contributed by atoms with Gasteiger partial charge in [-0.1, -0.05) is 35.3 Å². The number of methoxy groups -OCH3 is 1. The Hall–Kier alpha value is -2.80. The number of amides is 3. The predicted octanol–water partition coefficient (Wildman–Crippen LogP) is 7.00. The van der Waals surface area contributed by atoms with Gasteiger partial charge in [0.05, 0.1) is 20.6 Å². The van der Waals surface area contributed by atoms with Crippen molar-refractivity contribution in [2.75, 3.05) is 19.0 Å². The SMILES string of the molecule is COc1cc(/C=C2/SC(=O)N(CC(=O)Nc3ccc(F)c(Cl)c3)C2=O)cc(I)c1OCc1ccc(Cl)cc1. The number of hydrogen-bond acceptors (Lipinski definition) is 6. The average molecular weight is 687 g/mol. The Morgan fingerprint density at radius 1 is 1.13 bits per heavy atom. The van der Waals surface area contributed by atoms with Crippen LogP contribution in [0.1, 0.15) is 11.1 Å². The minimum absolute atomic E-state index is 0.153. The van der Waals surface area contributed by atoms with E-state index in [9.17, 15) is 18.8 Å². The molecular weight excluding hydrogens is 669 g/mol. The van der Waals surface area contributed by atoms with Crippen LogP contribution in [0.4, 0.5) is 14.9 Å². The number of benzene rings is 3. The minimum atomic E-state index is -0.631. The van der Waals surface area contributed by atoms with Gasteiger partial charge >= 0.3 is 0 Å². The van der Waals surface area contributed by atoms with Gasteiger partial charge in [-0.25, -0.2) is 4.39 Å². The molecule has 3 aromatic rings. The number of thioether (sulfide) groups is 1. The lowest BCUT2D eigenvalue weighted by Gasteiger charge is -2.14. The summed E-state index contributed by atoms with van der Waals surface area (Å²) in [5.74, 6) is -0.883. The Bertz CT molecular complexity index is 1450. The fourth-order valence-electron chi connectivity index (χ4n) is 3.40. The first kappa shape index (κ1) is 28.2. The second kappa shape index (κ2) is 12.4. The molecule has 0 saturated carbocycles. The Morgan fingerprint density at radius 2 is 1.87 bits per heavy atom. The summed E-state index contributed by atoms with van der Waals surface area (Å²) in [6, 6.07) is 14.4. The third-order valence-electron chi connectivity index (χ3n) is 5.22. The zero-order valence-corrected chi connectivity index (χ0v) is 24.1. The van der Waals surface area contributed by atoms with Crippen molar-refractivity contribution < 1.29 is 28.2 Å². The van der Waals surface area contributed by atoms with E-state index in [0.29, 0.717) is 28.7 Å². The number of anilines is 1. The third-order valence-corrected chi connectivity index (χ3v) is 7.47. The molecule has 1 N–H and O–H groups in total. The number of carbonyl (C=O) groups is 3. The number of nitrogens with zero attached hydrogens (tertiary/aromatic N) is 1. The molecule has 3 amide bonds. The van der Waals surface area contributed by atoms with Crippen LogP contribution in [0.15, 0.2) is 59.5 Å². The molecule has 12 heteroatoms. The zero-order chi connectivity index (χ0) is 27.4. The molecule has 1 aliphatic rings. The lowest BCUT2D eigenvalue weighted by Crippen LogP contribution is -2.36. The quantitative estimate of drug-likeness (QED) is 0.203. The maximum atomic E-state index is 13.3. The van der Waals surface area contributed by atoms with Gasteiger partial charge in [0, 0.05) is 10.7 Å². The van der Waals surface area contributed by atoms with Gasteiger partial charge in [-0.3, -0.25) is 19.3 Å². The summed E-state index contributed by atoms with van der Waals surface area (Å²) in [6.07, 6.45) is 1.55. The first-order valence-electron chi connectivity index (χ1n) is 10.9. The van der Waals surface area contributed by atoms with Crippen molar-refractivity contribution >= 4 is 86.4 Å². The molecule has 0 atom stereocenters. The molecule has 0 aromatic heterocycles. The van der Waals surface area contributed by atoms with Crippen LogP contribution in [-0.2, 0) is 16.2 Å². The van der Waals surface area contributed by atoms with Gasteiger partial charge in [0.15, 0.2) is 11.5 Å². The van der Waals surface area contributed by atoms with Crippen molar-refractivity contribution in [3.63, 3.8) is 0 Å². The van der Waals surface area contributed by atoms with E-state index in [1.807, 2.05) is 12.1 Å². The number of halogens is 4.